The fourth-order valence-electron chi connectivity index (χ4n) is 2.97. The van der Waals surface area contributed by atoms with Crippen molar-refractivity contribution in [1.82, 2.24) is 9.62 Å². The number of nitrogens with one attached hydrogen (secondary N) is 1. The Labute approximate surface area is 154 Å². The zero-order valence-electron chi connectivity index (χ0n) is 15.4. The molecule has 144 valence electrons. The van der Waals surface area contributed by atoms with Crippen molar-refractivity contribution in [2.75, 3.05) is 20.7 Å². The highest BCUT2D eigenvalue weighted by Crippen LogP contribution is 2.23. The van der Waals surface area contributed by atoms with Gasteiger partial charge in [-0.1, -0.05) is 19.8 Å². The van der Waals surface area contributed by atoms with Crippen molar-refractivity contribution >= 4 is 21.9 Å². The number of rotatable bonds is 6. The molecule has 1 amide bonds. The molecule has 0 heterocycles. The number of hydrogen-bond acceptors (Lipinski definition) is 5. The van der Waals surface area contributed by atoms with E-state index in [-0.39, 0.29) is 29.0 Å². The fraction of sp³-hybridized carbons (Fsp3) is 0.556. The van der Waals surface area contributed by atoms with Gasteiger partial charge >= 0.3 is 5.97 Å². The monoisotopic (exact) mass is 382 g/mol. The van der Waals surface area contributed by atoms with Crippen LogP contribution in [-0.4, -0.2) is 51.3 Å². The first-order valence-electron chi connectivity index (χ1n) is 8.71. The first kappa shape index (κ1) is 20.4. The minimum atomic E-state index is -3.55. The summed E-state index contributed by atoms with van der Waals surface area (Å²) in [6.45, 7) is 1.76. The fourth-order valence-corrected chi connectivity index (χ4v) is 3.87. The number of carbonyl (C=O) groups excluding carboxylic acids is 2. The lowest BCUT2D eigenvalue weighted by Crippen LogP contribution is -2.42. The Kier molecular flexibility index (Phi) is 6.77. The quantitative estimate of drug-likeness (QED) is 0.757. The predicted molar refractivity (Wildman–Crippen MR) is 97.2 cm³/mol. The van der Waals surface area contributed by atoms with E-state index in [0.717, 1.165) is 23.6 Å². The Morgan fingerprint density at radius 1 is 1.15 bits per heavy atom. The van der Waals surface area contributed by atoms with Gasteiger partial charge in [0.25, 0.3) is 5.91 Å². The summed E-state index contributed by atoms with van der Waals surface area (Å²) in [5.41, 5.74) is 0.196. The third kappa shape index (κ3) is 5.04. The maximum Gasteiger partial charge on any atom is 0.338 e. The second-order valence-electron chi connectivity index (χ2n) is 6.82. The van der Waals surface area contributed by atoms with Crippen LogP contribution < -0.4 is 5.32 Å². The van der Waals surface area contributed by atoms with Crippen LogP contribution in [0.25, 0.3) is 0 Å². The number of hydrogen-bond donors (Lipinski definition) is 1. The zero-order valence-corrected chi connectivity index (χ0v) is 16.2. The van der Waals surface area contributed by atoms with Crippen LogP contribution in [0.5, 0.6) is 0 Å². The predicted octanol–water partition coefficient (Wildman–Crippen LogP) is 1.79. The minimum absolute atomic E-state index is 0.0862. The lowest BCUT2D eigenvalue weighted by Gasteiger charge is -2.29. The maximum absolute atomic E-state index is 12.0. The van der Waals surface area contributed by atoms with E-state index in [9.17, 15) is 18.0 Å². The standard InChI is InChI=1S/C18H26N2O5S/c1-13-6-4-5-7-16(13)19-17(21)12-25-18(22)14-8-10-15(11-9-14)26(23,24)20(2)3/h8-11,13,16H,4-7,12H2,1-3H3,(H,19,21)/t13-,16-/m1/s1. The van der Waals surface area contributed by atoms with Crippen molar-refractivity contribution in [3.05, 3.63) is 29.8 Å². The second-order valence-corrected chi connectivity index (χ2v) is 8.98. The molecule has 8 heteroatoms. The average Bonchev–Trinajstić information content (AvgIpc) is 2.61. The van der Waals surface area contributed by atoms with Crippen LogP contribution in [-0.2, 0) is 19.6 Å². The summed E-state index contributed by atoms with van der Waals surface area (Å²) in [4.78, 5) is 24.1. The van der Waals surface area contributed by atoms with Gasteiger partial charge in [-0.05, 0) is 43.0 Å². The molecule has 0 radical (unpaired) electrons. The largest absolute Gasteiger partial charge is 0.452 e. The molecular formula is C18H26N2O5S. The van der Waals surface area contributed by atoms with Gasteiger partial charge in [0.2, 0.25) is 10.0 Å². The smallest absolute Gasteiger partial charge is 0.338 e. The molecule has 7 nitrogen and oxygen atoms in total. The lowest BCUT2D eigenvalue weighted by atomic mass is 9.86. The molecule has 0 unspecified atom stereocenters. The summed E-state index contributed by atoms with van der Waals surface area (Å²) in [7, 11) is -0.682. The number of benzene rings is 1. The molecule has 2 rings (SSSR count). The Bertz CT molecular complexity index is 743. The van der Waals surface area contributed by atoms with Crippen LogP contribution in [0.15, 0.2) is 29.2 Å². The highest BCUT2D eigenvalue weighted by molar-refractivity contribution is 7.89. The average molecular weight is 382 g/mol. The number of sulfonamides is 1. The van der Waals surface area contributed by atoms with E-state index < -0.39 is 16.0 Å². The Hall–Kier alpha value is -1.93. The molecule has 1 fully saturated rings. The molecule has 1 aliphatic carbocycles. The second kappa shape index (κ2) is 8.64. The summed E-state index contributed by atoms with van der Waals surface area (Å²) >= 11 is 0. The highest BCUT2D eigenvalue weighted by atomic mass is 32.2. The van der Waals surface area contributed by atoms with Gasteiger partial charge in [0.05, 0.1) is 10.5 Å². The molecule has 1 aromatic rings. The van der Waals surface area contributed by atoms with E-state index in [2.05, 4.69) is 12.2 Å². The molecule has 1 N–H and O–H groups in total. The van der Waals surface area contributed by atoms with Crippen LogP contribution in [0.4, 0.5) is 0 Å². The molecule has 2 atom stereocenters. The van der Waals surface area contributed by atoms with Gasteiger partial charge in [-0.25, -0.2) is 17.5 Å². The van der Waals surface area contributed by atoms with Gasteiger partial charge in [-0.15, -0.1) is 0 Å². The molecule has 0 saturated heterocycles. The van der Waals surface area contributed by atoms with E-state index in [1.807, 2.05) is 0 Å². The Morgan fingerprint density at radius 2 is 1.77 bits per heavy atom. The topological polar surface area (TPSA) is 92.8 Å². The van der Waals surface area contributed by atoms with Crippen LogP contribution >= 0.6 is 0 Å². The summed E-state index contributed by atoms with van der Waals surface area (Å²) in [5, 5.41) is 2.92. The summed E-state index contributed by atoms with van der Waals surface area (Å²) < 4.78 is 30.1. The molecule has 0 bridgehead atoms. The summed E-state index contributed by atoms with van der Waals surface area (Å²) in [5.74, 6) is -0.552. The van der Waals surface area contributed by atoms with E-state index in [0.29, 0.717) is 5.92 Å². The highest BCUT2D eigenvalue weighted by Gasteiger charge is 2.23. The summed E-state index contributed by atoms with van der Waals surface area (Å²) in [6, 6.07) is 5.57. The van der Waals surface area contributed by atoms with E-state index in [1.54, 1.807) is 0 Å². The molecule has 1 aromatic carbocycles. The van der Waals surface area contributed by atoms with E-state index in [4.69, 9.17) is 4.74 Å². The number of esters is 1. The van der Waals surface area contributed by atoms with Gasteiger partial charge in [-0.3, -0.25) is 4.79 Å². The zero-order chi connectivity index (χ0) is 19.3. The number of carbonyl (C=O) groups is 2. The third-order valence-electron chi connectivity index (χ3n) is 4.66. The van der Waals surface area contributed by atoms with Gasteiger partial charge in [0.15, 0.2) is 6.61 Å². The molecule has 26 heavy (non-hydrogen) atoms. The van der Waals surface area contributed by atoms with Gasteiger partial charge < -0.3 is 10.1 Å². The third-order valence-corrected chi connectivity index (χ3v) is 6.49. The summed E-state index contributed by atoms with van der Waals surface area (Å²) in [6.07, 6.45) is 4.31. The minimum Gasteiger partial charge on any atom is -0.452 e. The van der Waals surface area contributed by atoms with Crippen LogP contribution in [0.1, 0.15) is 43.0 Å². The molecule has 0 spiro atoms. The molecular weight excluding hydrogens is 356 g/mol. The number of ether oxygens (including phenoxy) is 1. The molecule has 1 saturated carbocycles. The van der Waals surface area contributed by atoms with Crippen molar-refractivity contribution in [3.8, 4) is 0 Å². The van der Waals surface area contributed by atoms with Gasteiger partial charge in [-0.2, -0.15) is 0 Å². The maximum atomic E-state index is 12.0. The lowest BCUT2D eigenvalue weighted by molar-refractivity contribution is -0.125. The van der Waals surface area contributed by atoms with Crippen LogP contribution in [0.2, 0.25) is 0 Å². The van der Waals surface area contributed by atoms with E-state index >= 15 is 0 Å². The van der Waals surface area contributed by atoms with Crippen molar-refractivity contribution in [2.45, 2.75) is 43.5 Å². The SMILES string of the molecule is C[C@@H]1CCCC[C@H]1NC(=O)COC(=O)c1ccc(S(=O)(=O)N(C)C)cc1. The Balaban J connectivity index is 1.88. The van der Waals surface area contributed by atoms with Crippen LogP contribution in [0.3, 0.4) is 0 Å². The van der Waals surface area contributed by atoms with Crippen molar-refractivity contribution in [3.63, 3.8) is 0 Å². The van der Waals surface area contributed by atoms with Gasteiger partial charge in [0.1, 0.15) is 0 Å². The van der Waals surface area contributed by atoms with Crippen molar-refractivity contribution in [1.29, 1.82) is 0 Å². The molecule has 0 aromatic heterocycles. The first-order valence-corrected chi connectivity index (χ1v) is 10.1. The van der Waals surface area contributed by atoms with Crippen LogP contribution in [0, 0.1) is 5.92 Å². The normalized spacial score (nSPS) is 20.6. The van der Waals surface area contributed by atoms with Gasteiger partial charge in [0, 0.05) is 20.1 Å². The molecule has 1 aliphatic rings. The van der Waals surface area contributed by atoms with E-state index in [1.165, 1.54) is 44.8 Å². The number of amides is 1. The first-order chi connectivity index (χ1) is 12.2. The van der Waals surface area contributed by atoms with Crippen molar-refractivity contribution in [2.24, 2.45) is 5.92 Å². The number of nitrogens with zero attached hydrogens (tertiary/aromatic N) is 1. The molecule has 0 aliphatic heterocycles. The van der Waals surface area contributed by atoms with Crippen molar-refractivity contribution < 1.29 is 22.7 Å². The Morgan fingerprint density at radius 3 is 2.35 bits per heavy atom.